The summed E-state index contributed by atoms with van der Waals surface area (Å²) in [6.07, 6.45) is 1.71. The van der Waals surface area contributed by atoms with Crippen molar-refractivity contribution < 1.29 is 0 Å². The fourth-order valence-corrected chi connectivity index (χ4v) is 2.20. The van der Waals surface area contributed by atoms with Crippen molar-refractivity contribution in [2.24, 2.45) is 0 Å². The summed E-state index contributed by atoms with van der Waals surface area (Å²) in [5.74, 6) is 1.35. The van der Waals surface area contributed by atoms with Crippen LogP contribution in [0, 0.1) is 13.8 Å². The van der Waals surface area contributed by atoms with Crippen LogP contribution in [0.5, 0.6) is 0 Å². The van der Waals surface area contributed by atoms with Gasteiger partial charge in [-0.2, -0.15) is 9.61 Å². The van der Waals surface area contributed by atoms with Crippen LogP contribution in [0.2, 0.25) is 0 Å². The fraction of sp³-hybridized carbons (Fsp3) is 0.286. The van der Waals surface area contributed by atoms with Gasteiger partial charge in [-0.3, -0.25) is 9.78 Å². The molecule has 22 heavy (non-hydrogen) atoms. The number of fused-ring (bicyclic) bond motifs is 1. The second-order valence-electron chi connectivity index (χ2n) is 4.97. The topological polar surface area (TPSA) is 100 Å². The van der Waals surface area contributed by atoms with Crippen molar-refractivity contribution in [2.75, 3.05) is 23.7 Å². The summed E-state index contributed by atoms with van der Waals surface area (Å²) in [4.78, 5) is 22.6. The molecule has 3 rings (SSSR count). The molecule has 3 N–H and O–H groups in total. The maximum atomic E-state index is 11.3. The van der Waals surface area contributed by atoms with E-state index in [9.17, 15) is 4.79 Å². The van der Waals surface area contributed by atoms with Gasteiger partial charge in [0, 0.05) is 42.7 Å². The van der Waals surface area contributed by atoms with Gasteiger partial charge in [-0.1, -0.05) is 0 Å². The van der Waals surface area contributed by atoms with Crippen molar-refractivity contribution in [1.29, 1.82) is 0 Å². The molecule has 3 aromatic heterocycles. The van der Waals surface area contributed by atoms with Crippen LogP contribution in [0.25, 0.3) is 5.65 Å². The van der Waals surface area contributed by atoms with Gasteiger partial charge in [0.05, 0.1) is 6.20 Å². The SMILES string of the molecule is Cc1cc(=O)[nH]c(NCCNc2cc(C)nc3ccnn23)n1. The highest BCUT2D eigenvalue weighted by Gasteiger charge is 2.03. The molecule has 3 aromatic rings. The number of rotatable bonds is 5. The summed E-state index contributed by atoms with van der Waals surface area (Å²) in [5.41, 5.74) is 2.25. The van der Waals surface area contributed by atoms with Gasteiger partial charge in [0.15, 0.2) is 5.65 Å². The summed E-state index contributed by atoms with van der Waals surface area (Å²) in [7, 11) is 0. The molecule has 0 aromatic carbocycles. The second kappa shape index (κ2) is 5.84. The third-order valence-corrected chi connectivity index (χ3v) is 3.08. The van der Waals surface area contributed by atoms with Gasteiger partial charge >= 0.3 is 0 Å². The first-order valence-electron chi connectivity index (χ1n) is 6.99. The maximum absolute atomic E-state index is 11.3. The lowest BCUT2D eigenvalue weighted by molar-refractivity contribution is 0.911. The lowest BCUT2D eigenvalue weighted by Crippen LogP contribution is -2.19. The van der Waals surface area contributed by atoms with E-state index < -0.39 is 0 Å². The van der Waals surface area contributed by atoms with E-state index in [4.69, 9.17) is 0 Å². The molecule has 0 aliphatic heterocycles. The Balaban J connectivity index is 1.63. The van der Waals surface area contributed by atoms with Crippen LogP contribution in [0.3, 0.4) is 0 Å². The average Bonchev–Trinajstić information content (AvgIpc) is 2.90. The van der Waals surface area contributed by atoms with Crippen molar-refractivity contribution in [1.82, 2.24) is 24.6 Å². The zero-order valence-corrected chi connectivity index (χ0v) is 12.4. The average molecular weight is 299 g/mol. The highest BCUT2D eigenvalue weighted by Crippen LogP contribution is 2.11. The highest BCUT2D eigenvalue weighted by atomic mass is 16.1. The van der Waals surface area contributed by atoms with Gasteiger partial charge in [0.2, 0.25) is 5.95 Å². The Kier molecular flexibility index (Phi) is 3.73. The lowest BCUT2D eigenvalue weighted by atomic mass is 10.4. The van der Waals surface area contributed by atoms with Crippen LogP contribution in [-0.2, 0) is 0 Å². The van der Waals surface area contributed by atoms with Crippen LogP contribution in [0.4, 0.5) is 11.8 Å². The summed E-state index contributed by atoms with van der Waals surface area (Å²) in [6, 6.07) is 5.25. The Hall–Kier alpha value is -2.90. The molecule has 0 amide bonds. The van der Waals surface area contributed by atoms with Crippen molar-refractivity contribution in [3.63, 3.8) is 0 Å². The minimum atomic E-state index is -0.161. The van der Waals surface area contributed by atoms with E-state index in [0.717, 1.165) is 17.2 Å². The lowest BCUT2D eigenvalue weighted by Gasteiger charge is -2.10. The smallest absolute Gasteiger partial charge is 0.252 e. The number of aromatic nitrogens is 5. The van der Waals surface area contributed by atoms with E-state index in [0.29, 0.717) is 24.7 Å². The number of aromatic amines is 1. The van der Waals surface area contributed by atoms with Crippen molar-refractivity contribution in [2.45, 2.75) is 13.8 Å². The van der Waals surface area contributed by atoms with E-state index in [1.54, 1.807) is 17.6 Å². The second-order valence-corrected chi connectivity index (χ2v) is 4.97. The van der Waals surface area contributed by atoms with Crippen LogP contribution < -0.4 is 16.2 Å². The fourth-order valence-electron chi connectivity index (χ4n) is 2.20. The van der Waals surface area contributed by atoms with Crippen LogP contribution >= 0.6 is 0 Å². The number of nitrogens with zero attached hydrogens (tertiary/aromatic N) is 4. The Morgan fingerprint density at radius 1 is 1.14 bits per heavy atom. The molecule has 114 valence electrons. The molecule has 0 aliphatic carbocycles. The first-order chi connectivity index (χ1) is 10.6. The molecular weight excluding hydrogens is 282 g/mol. The molecule has 0 fully saturated rings. The molecular formula is C14H17N7O. The zero-order chi connectivity index (χ0) is 15.5. The summed E-state index contributed by atoms with van der Waals surface area (Å²) in [5, 5.41) is 10.6. The largest absolute Gasteiger partial charge is 0.368 e. The van der Waals surface area contributed by atoms with E-state index in [1.807, 2.05) is 19.1 Å². The van der Waals surface area contributed by atoms with Gasteiger partial charge in [0.1, 0.15) is 5.82 Å². The Bertz CT molecular complexity index is 852. The number of hydrogen-bond donors (Lipinski definition) is 3. The van der Waals surface area contributed by atoms with E-state index in [-0.39, 0.29) is 5.56 Å². The van der Waals surface area contributed by atoms with Crippen LogP contribution in [0.1, 0.15) is 11.4 Å². The Morgan fingerprint density at radius 2 is 1.91 bits per heavy atom. The van der Waals surface area contributed by atoms with Gasteiger partial charge in [0.25, 0.3) is 5.56 Å². The molecule has 0 radical (unpaired) electrons. The molecule has 0 bridgehead atoms. The molecule has 0 spiro atoms. The highest BCUT2D eigenvalue weighted by molar-refractivity contribution is 5.48. The molecule has 3 heterocycles. The van der Waals surface area contributed by atoms with E-state index in [1.165, 1.54) is 6.07 Å². The molecule has 0 saturated heterocycles. The summed E-state index contributed by atoms with van der Waals surface area (Å²) in [6.45, 7) is 4.98. The maximum Gasteiger partial charge on any atom is 0.252 e. The number of H-pyrrole nitrogens is 1. The third kappa shape index (κ3) is 3.05. The van der Waals surface area contributed by atoms with Crippen molar-refractivity contribution >= 4 is 17.4 Å². The third-order valence-electron chi connectivity index (χ3n) is 3.08. The van der Waals surface area contributed by atoms with E-state index in [2.05, 4.69) is 30.7 Å². The van der Waals surface area contributed by atoms with Gasteiger partial charge < -0.3 is 10.6 Å². The number of aryl methyl sites for hydroxylation is 2. The molecule has 8 nitrogen and oxygen atoms in total. The van der Waals surface area contributed by atoms with Crippen molar-refractivity contribution in [3.05, 3.63) is 46.1 Å². The number of anilines is 2. The Morgan fingerprint density at radius 3 is 2.73 bits per heavy atom. The predicted molar refractivity (Wildman–Crippen MR) is 84.3 cm³/mol. The predicted octanol–water partition coefficient (Wildman–Crippen LogP) is 0.953. The standard InChI is InChI=1S/C14H17N7O/c1-9-7-12(21-11(18-9)3-4-17-21)15-5-6-16-14-19-10(2)8-13(22)20-14/h3-4,7-8,15H,5-6H2,1-2H3,(H2,16,19,20,22). The summed E-state index contributed by atoms with van der Waals surface area (Å²) >= 11 is 0. The van der Waals surface area contributed by atoms with Crippen molar-refractivity contribution in [3.8, 4) is 0 Å². The van der Waals surface area contributed by atoms with Crippen LogP contribution in [-0.4, -0.2) is 37.7 Å². The zero-order valence-electron chi connectivity index (χ0n) is 12.4. The van der Waals surface area contributed by atoms with Gasteiger partial charge in [-0.15, -0.1) is 0 Å². The Labute approximate surface area is 126 Å². The minimum Gasteiger partial charge on any atom is -0.368 e. The number of hydrogen-bond acceptors (Lipinski definition) is 6. The summed E-state index contributed by atoms with van der Waals surface area (Å²) < 4.78 is 1.75. The quantitative estimate of drug-likeness (QED) is 0.607. The minimum absolute atomic E-state index is 0.161. The van der Waals surface area contributed by atoms with Gasteiger partial charge in [-0.05, 0) is 13.8 Å². The molecule has 0 aliphatic rings. The molecule has 0 saturated carbocycles. The first-order valence-corrected chi connectivity index (χ1v) is 6.99. The van der Waals surface area contributed by atoms with E-state index >= 15 is 0 Å². The molecule has 0 unspecified atom stereocenters. The first kappa shape index (κ1) is 14.1. The normalized spacial score (nSPS) is 10.8. The van der Waals surface area contributed by atoms with Crippen LogP contribution in [0.15, 0.2) is 29.2 Å². The number of nitrogens with one attached hydrogen (secondary N) is 3. The molecule has 8 heteroatoms. The van der Waals surface area contributed by atoms with Gasteiger partial charge in [-0.25, -0.2) is 9.97 Å². The monoisotopic (exact) mass is 299 g/mol. The molecule has 0 atom stereocenters.